The van der Waals surface area contributed by atoms with Crippen LogP contribution < -0.4 is 9.64 Å². The van der Waals surface area contributed by atoms with E-state index >= 15 is 0 Å². The van der Waals surface area contributed by atoms with Crippen LogP contribution in [0.15, 0.2) is 53.7 Å². The Morgan fingerprint density at radius 2 is 1.90 bits per heavy atom. The first-order chi connectivity index (χ1) is 15.1. The van der Waals surface area contributed by atoms with Crippen molar-refractivity contribution < 1.29 is 14.3 Å². The first-order valence-corrected chi connectivity index (χ1v) is 11.2. The molecule has 31 heavy (non-hydrogen) atoms. The number of anilines is 1. The zero-order valence-electron chi connectivity index (χ0n) is 17.6. The number of para-hydroxylation sites is 1. The van der Waals surface area contributed by atoms with Crippen molar-refractivity contribution >= 4 is 29.1 Å². The zero-order chi connectivity index (χ0) is 21.8. The fraction of sp³-hybridized carbons (Fsp3) is 0.304. The van der Waals surface area contributed by atoms with E-state index in [1.165, 1.54) is 11.8 Å². The van der Waals surface area contributed by atoms with Gasteiger partial charge in [-0.05, 0) is 49.7 Å². The largest absolute Gasteiger partial charge is 0.496 e. The van der Waals surface area contributed by atoms with Crippen LogP contribution in [-0.4, -0.2) is 45.9 Å². The van der Waals surface area contributed by atoms with Crippen molar-refractivity contribution in [1.82, 2.24) is 14.8 Å². The molecule has 0 saturated carbocycles. The van der Waals surface area contributed by atoms with Crippen LogP contribution >= 0.6 is 11.8 Å². The molecule has 160 valence electrons. The molecule has 0 unspecified atom stereocenters. The number of carbonyl (C=O) groups is 2. The fourth-order valence-corrected chi connectivity index (χ4v) is 4.57. The third-order valence-electron chi connectivity index (χ3n) is 5.29. The lowest BCUT2D eigenvalue weighted by atomic mass is 10.1. The summed E-state index contributed by atoms with van der Waals surface area (Å²) in [5, 5.41) is 9.34. The SMILES string of the molecule is CCn1c(SCC(=O)c2ccc(N3CCCC3=O)cc2)nnc1-c1ccccc1OC. The van der Waals surface area contributed by atoms with Crippen molar-refractivity contribution in [1.29, 1.82) is 0 Å². The molecule has 1 aliphatic heterocycles. The van der Waals surface area contributed by atoms with Crippen LogP contribution in [0.1, 0.15) is 30.1 Å². The summed E-state index contributed by atoms with van der Waals surface area (Å²) >= 11 is 1.37. The van der Waals surface area contributed by atoms with Crippen LogP contribution in [0.4, 0.5) is 5.69 Å². The lowest BCUT2D eigenvalue weighted by Crippen LogP contribution is -2.23. The summed E-state index contributed by atoms with van der Waals surface area (Å²) in [4.78, 5) is 26.4. The lowest BCUT2D eigenvalue weighted by molar-refractivity contribution is -0.117. The van der Waals surface area contributed by atoms with E-state index in [1.54, 1.807) is 24.1 Å². The molecule has 7 nitrogen and oxygen atoms in total. The van der Waals surface area contributed by atoms with Gasteiger partial charge in [-0.1, -0.05) is 23.9 Å². The summed E-state index contributed by atoms with van der Waals surface area (Å²) in [7, 11) is 1.63. The van der Waals surface area contributed by atoms with Gasteiger partial charge in [0, 0.05) is 30.8 Å². The number of nitrogens with zero attached hydrogens (tertiary/aromatic N) is 4. The average Bonchev–Trinajstić information content (AvgIpc) is 3.43. The Balaban J connectivity index is 1.46. The Hall–Kier alpha value is -3.13. The molecule has 1 aliphatic rings. The minimum Gasteiger partial charge on any atom is -0.496 e. The number of carbonyl (C=O) groups excluding carboxylic acids is 2. The quantitative estimate of drug-likeness (QED) is 0.391. The molecule has 0 spiro atoms. The standard InChI is InChI=1S/C23H24N4O3S/c1-3-26-22(18-7-4-5-8-20(18)30-2)24-25-23(26)31-15-19(28)16-10-12-17(13-11-16)27-14-6-9-21(27)29/h4-5,7-8,10-13H,3,6,9,14-15H2,1-2H3. The fourth-order valence-electron chi connectivity index (χ4n) is 3.67. The maximum absolute atomic E-state index is 12.7. The van der Waals surface area contributed by atoms with Crippen LogP contribution in [-0.2, 0) is 11.3 Å². The van der Waals surface area contributed by atoms with Gasteiger partial charge in [0.05, 0.1) is 18.4 Å². The number of rotatable bonds is 8. The van der Waals surface area contributed by atoms with Gasteiger partial charge in [0.15, 0.2) is 16.8 Å². The zero-order valence-corrected chi connectivity index (χ0v) is 18.4. The smallest absolute Gasteiger partial charge is 0.227 e. The van der Waals surface area contributed by atoms with Gasteiger partial charge in [-0.15, -0.1) is 10.2 Å². The van der Waals surface area contributed by atoms with Crippen molar-refractivity contribution in [2.75, 3.05) is 24.3 Å². The Bertz CT molecular complexity index is 1090. The summed E-state index contributed by atoms with van der Waals surface area (Å²) in [6.45, 7) is 3.44. The average molecular weight is 437 g/mol. The van der Waals surface area contributed by atoms with Gasteiger partial charge in [-0.2, -0.15) is 0 Å². The van der Waals surface area contributed by atoms with Crippen molar-refractivity contribution in [3.63, 3.8) is 0 Å². The van der Waals surface area contributed by atoms with E-state index < -0.39 is 0 Å². The van der Waals surface area contributed by atoms with Crippen LogP contribution in [0.25, 0.3) is 11.4 Å². The molecule has 4 rings (SSSR count). The summed E-state index contributed by atoms with van der Waals surface area (Å²) in [5.74, 6) is 1.85. The highest BCUT2D eigenvalue weighted by Crippen LogP contribution is 2.31. The first-order valence-electron chi connectivity index (χ1n) is 10.3. The van der Waals surface area contributed by atoms with Crippen molar-refractivity contribution in [3.05, 3.63) is 54.1 Å². The van der Waals surface area contributed by atoms with Gasteiger partial charge in [-0.3, -0.25) is 9.59 Å². The molecule has 1 saturated heterocycles. The van der Waals surface area contributed by atoms with E-state index in [1.807, 2.05) is 47.9 Å². The second-order valence-electron chi connectivity index (χ2n) is 7.16. The van der Waals surface area contributed by atoms with Crippen molar-refractivity contribution in [2.45, 2.75) is 31.5 Å². The summed E-state index contributed by atoms with van der Waals surface area (Å²) in [5.41, 5.74) is 2.33. The Kier molecular flexibility index (Phi) is 6.36. The highest BCUT2D eigenvalue weighted by molar-refractivity contribution is 7.99. The van der Waals surface area contributed by atoms with Gasteiger partial charge in [0.2, 0.25) is 5.91 Å². The Labute approximate surface area is 185 Å². The molecule has 1 amide bonds. The van der Waals surface area contributed by atoms with E-state index in [9.17, 15) is 9.59 Å². The molecular weight excluding hydrogens is 412 g/mol. The molecule has 0 N–H and O–H groups in total. The third kappa shape index (κ3) is 4.34. The number of benzene rings is 2. The van der Waals surface area contributed by atoms with Gasteiger partial charge in [-0.25, -0.2) is 0 Å². The predicted octanol–water partition coefficient (Wildman–Crippen LogP) is 4.08. The van der Waals surface area contributed by atoms with Crippen LogP contribution in [0.3, 0.4) is 0 Å². The van der Waals surface area contributed by atoms with Crippen LogP contribution in [0, 0.1) is 0 Å². The second kappa shape index (κ2) is 9.34. The third-order valence-corrected chi connectivity index (χ3v) is 6.25. The number of hydrogen-bond acceptors (Lipinski definition) is 6. The Morgan fingerprint density at radius 3 is 2.58 bits per heavy atom. The lowest BCUT2D eigenvalue weighted by Gasteiger charge is -2.15. The molecule has 2 aromatic carbocycles. The number of ether oxygens (including phenoxy) is 1. The topological polar surface area (TPSA) is 77.3 Å². The summed E-state index contributed by atoms with van der Waals surface area (Å²) in [6, 6.07) is 14.9. The molecule has 0 aliphatic carbocycles. The van der Waals surface area contributed by atoms with E-state index in [-0.39, 0.29) is 17.4 Å². The molecule has 0 radical (unpaired) electrons. The molecule has 3 aromatic rings. The van der Waals surface area contributed by atoms with E-state index in [4.69, 9.17) is 4.74 Å². The van der Waals surface area contributed by atoms with Crippen LogP contribution in [0.5, 0.6) is 5.75 Å². The Morgan fingerprint density at radius 1 is 1.13 bits per heavy atom. The highest BCUT2D eigenvalue weighted by Gasteiger charge is 2.22. The minimum absolute atomic E-state index is 0.00814. The van der Waals surface area contributed by atoms with Gasteiger partial charge < -0.3 is 14.2 Å². The maximum Gasteiger partial charge on any atom is 0.227 e. The van der Waals surface area contributed by atoms with Gasteiger partial charge in [0.25, 0.3) is 0 Å². The number of aromatic nitrogens is 3. The van der Waals surface area contributed by atoms with Gasteiger partial charge in [0.1, 0.15) is 5.75 Å². The molecule has 1 fully saturated rings. The first kappa shape index (κ1) is 21.1. The molecule has 1 aromatic heterocycles. The normalized spacial score (nSPS) is 13.6. The number of amides is 1. The predicted molar refractivity (Wildman–Crippen MR) is 121 cm³/mol. The number of thioether (sulfide) groups is 1. The van der Waals surface area contributed by atoms with Crippen molar-refractivity contribution in [3.8, 4) is 17.1 Å². The monoisotopic (exact) mass is 436 g/mol. The number of Topliss-reactive ketones (excluding diaryl/α,β-unsaturated/α-hetero) is 1. The summed E-state index contributed by atoms with van der Waals surface area (Å²) < 4.78 is 7.44. The molecule has 0 bridgehead atoms. The maximum atomic E-state index is 12.7. The highest BCUT2D eigenvalue weighted by atomic mass is 32.2. The molecule has 2 heterocycles. The number of methoxy groups -OCH3 is 1. The molecular formula is C23H24N4O3S. The summed E-state index contributed by atoms with van der Waals surface area (Å²) in [6.07, 6.45) is 1.47. The molecule has 0 atom stereocenters. The van der Waals surface area contributed by atoms with E-state index in [0.29, 0.717) is 23.7 Å². The second-order valence-corrected chi connectivity index (χ2v) is 8.10. The minimum atomic E-state index is 0.00814. The molecule has 8 heteroatoms. The number of ketones is 1. The number of hydrogen-bond donors (Lipinski definition) is 0. The van der Waals surface area contributed by atoms with E-state index in [0.717, 1.165) is 35.8 Å². The van der Waals surface area contributed by atoms with E-state index in [2.05, 4.69) is 10.2 Å². The van der Waals surface area contributed by atoms with Crippen molar-refractivity contribution in [2.24, 2.45) is 0 Å². The van der Waals surface area contributed by atoms with Gasteiger partial charge >= 0.3 is 0 Å². The van der Waals surface area contributed by atoms with Crippen LogP contribution in [0.2, 0.25) is 0 Å².